The van der Waals surface area contributed by atoms with Crippen molar-refractivity contribution in [2.45, 2.75) is 6.54 Å². The Morgan fingerprint density at radius 3 is 2.59 bits per heavy atom. The first-order chi connectivity index (χ1) is 8.40. The van der Waals surface area contributed by atoms with Crippen LogP contribution in [0.15, 0.2) is 48.7 Å². The van der Waals surface area contributed by atoms with Gasteiger partial charge >= 0.3 is 0 Å². The van der Waals surface area contributed by atoms with E-state index < -0.39 is 0 Å². The van der Waals surface area contributed by atoms with Crippen molar-refractivity contribution in [3.63, 3.8) is 0 Å². The highest BCUT2D eigenvalue weighted by Crippen LogP contribution is 2.19. The van der Waals surface area contributed by atoms with Crippen molar-refractivity contribution in [1.82, 2.24) is 14.6 Å². The van der Waals surface area contributed by atoms with Crippen LogP contribution in [0.1, 0.15) is 5.56 Å². The molecule has 0 amide bonds. The van der Waals surface area contributed by atoms with Gasteiger partial charge in [0.1, 0.15) is 0 Å². The highest BCUT2D eigenvalue weighted by Gasteiger charge is 2.09. The molecule has 3 aromatic rings. The number of rotatable bonds is 2. The monoisotopic (exact) mass is 224 g/mol. The molecule has 0 saturated carbocycles. The van der Waals surface area contributed by atoms with Crippen molar-refractivity contribution >= 4 is 5.65 Å². The highest BCUT2D eigenvalue weighted by atomic mass is 15.2. The van der Waals surface area contributed by atoms with Gasteiger partial charge in [0.15, 0.2) is 11.5 Å². The van der Waals surface area contributed by atoms with E-state index in [1.54, 1.807) is 0 Å². The summed E-state index contributed by atoms with van der Waals surface area (Å²) in [6, 6.07) is 13.9. The lowest BCUT2D eigenvalue weighted by molar-refractivity contribution is 1.04. The van der Waals surface area contributed by atoms with Crippen LogP contribution in [0.4, 0.5) is 0 Å². The van der Waals surface area contributed by atoms with E-state index in [1.807, 2.05) is 53.1 Å². The fraction of sp³-hybridized carbons (Fsp3) is 0.0769. The molecule has 3 rings (SSSR count). The summed E-state index contributed by atoms with van der Waals surface area (Å²) in [5, 5.41) is 8.43. The minimum atomic E-state index is 0.470. The number of hydrogen-bond donors (Lipinski definition) is 1. The zero-order chi connectivity index (χ0) is 11.7. The second-order valence-electron chi connectivity index (χ2n) is 3.82. The topological polar surface area (TPSA) is 56.2 Å². The molecule has 0 fully saturated rings. The van der Waals surface area contributed by atoms with Crippen molar-refractivity contribution in [2.75, 3.05) is 0 Å². The van der Waals surface area contributed by atoms with Gasteiger partial charge in [0.2, 0.25) is 0 Å². The van der Waals surface area contributed by atoms with Gasteiger partial charge < -0.3 is 5.73 Å². The molecule has 0 unspecified atom stereocenters. The van der Waals surface area contributed by atoms with Crippen molar-refractivity contribution in [3.05, 3.63) is 54.2 Å². The van der Waals surface area contributed by atoms with Gasteiger partial charge in [-0.1, -0.05) is 36.4 Å². The summed E-state index contributed by atoms with van der Waals surface area (Å²) >= 11 is 0. The molecule has 0 radical (unpaired) electrons. The van der Waals surface area contributed by atoms with Crippen LogP contribution >= 0.6 is 0 Å². The van der Waals surface area contributed by atoms with Crippen molar-refractivity contribution in [2.24, 2.45) is 5.73 Å². The maximum absolute atomic E-state index is 5.68. The molecule has 4 heteroatoms. The van der Waals surface area contributed by atoms with E-state index in [-0.39, 0.29) is 0 Å². The Hall–Kier alpha value is -2.20. The molecular formula is C13H12N4. The van der Waals surface area contributed by atoms with E-state index in [4.69, 9.17) is 5.73 Å². The van der Waals surface area contributed by atoms with Gasteiger partial charge in [-0.15, -0.1) is 10.2 Å². The Balaban J connectivity index is 2.26. The number of nitrogens with two attached hydrogens (primary N) is 1. The first-order valence-corrected chi connectivity index (χ1v) is 5.48. The summed E-state index contributed by atoms with van der Waals surface area (Å²) in [5.41, 5.74) is 8.56. The van der Waals surface area contributed by atoms with Gasteiger partial charge in [0, 0.05) is 23.9 Å². The molecule has 0 saturated heterocycles. The smallest absolute Gasteiger partial charge is 0.168 e. The van der Waals surface area contributed by atoms with Crippen molar-refractivity contribution in [1.29, 1.82) is 0 Å². The third-order valence-electron chi connectivity index (χ3n) is 2.77. The first-order valence-electron chi connectivity index (χ1n) is 5.48. The van der Waals surface area contributed by atoms with E-state index in [0.717, 1.165) is 22.6 Å². The highest BCUT2D eigenvalue weighted by molar-refractivity contribution is 5.61. The van der Waals surface area contributed by atoms with Crippen LogP contribution in [0.2, 0.25) is 0 Å². The fourth-order valence-corrected chi connectivity index (χ4v) is 1.91. The van der Waals surface area contributed by atoms with Crippen LogP contribution in [-0.4, -0.2) is 14.6 Å². The van der Waals surface area contributed by atoms with E-state index in [1.165, 1.54) is 0 Å². The van der Waals surface area contributed by atoms with E-state index in [0.29, 0.717) is 6.54 Å². The third-order valence-corrected chi connectivity index (χ3v) is 2.77. The summed E-state index contributed by atoms with van der Waals surface area (Å²) in [6.45, 7) is 0.470. The first kappa shape index (κ1) is 9.99. The van der Waals surface area contributed by atoms with Gasteiger partial charge in [-0.05, 0) is 6.07 Å². The van der Waals surface area contributed by atoms with Gasteiger partial charge in [-0.2, -0.15) is 0 Å². The van der Waals surface area contributed by atoms with Crippen LogP contribution in [0.25, 0.3) is 17.0 Å². The predicted octanol–water partition coefficient (Wildman–Crippen LogP) is 1.85. The van der Waals surface area contributed by atoms with Gasteiger partial charge in [-0.3, -0.25) is 4.40 Å². The van der Waals surface area contributed by atoms with E-state index in [9.17, 15) is 0 Å². The zero-order valence-corrected chi connectivity index (χ0v) is 9.24. The van der Waals surface area contributed by atoms with Crippen molar-refractivity contribution < 1.29 is 0 Å². The third kappa shape index (κ3) is 1.59. The van der Waals surface area contributed by atoms with Gasteiger partial charge in [0.25, 0.3) is 0 Å². The standard InChI is InChI=1S/C13H12N4/c14-9-11-7-4-8-17-12(15-16-13(11)17)10-5-2-1-3-6-10/h1-8H,9,14H2. The summed E-state index contributed by atoms with van der Waals surface area (Å²) in [4.78, 5) is 0. The number of fused-ring (bicyclic) bond motifs is 1. The molecule has 2 N–H and O–H groups in total. The SMILES string of the molecule is NCc1cccn2c(-c3ccccc3)nnc12. The van der Waals surface area contributed by atoms with Crippen LogP contribution < -0.4 is 5.73 Å². The molecule has 4 nitrogen and oxygen atoms in total. The Morgan fingerprint density at radius 2 is 1.82 bits per heavy atom. The molecule has 2 aromatic heterocycles. The molecule has 0 aliphatic heterocycles. The minimum absolute atomic E-state index is 0.470. The average molecular weight is 224 g/mol. The van der Waals surface area contributed by atoms with Crippen LogP contribution in [0.5, 0.6) is 0 Å². The maximum atomic E-state index is 5.68. The molecule has 0 spiro atoms. The van der Waals surface area contributed by atoms with Crippen LogP contribution in [-0.2, 0) is 6.54 Å². The molecule has 84 valence electrons. The Morgan fingerprint density at radius 1 is 1.00 bits per heavy atom. The van der Waals surface area contributed by atoms with Crippen LogP contribution in [0, 0.1) is 0 Å². The van der Waals surface area contributed by atoms with Gasteiger partial charge in [-0.25, -0.2) is 0 Å². The number of benzene rings is 1. The number of nitrogens with zero attached hydrogens (tertiary/aromatic N) is 3. The van der Waals surface area contributed by atoms with Crippen LogP contribution in [0.3, 0.4) is 0 Å². The summed E-state index contributed by atoms with van der Waals surface area (Å²) in [5.74, 6) is 0.843. The Bertz CT molecular complexity index is 643. The minimum Gasteiger partial charge on any atom is -0.326 e. The Kier molecular flexibility index (Phi) is 2.34. The zero-order valence-electron chi connectivity index (χ0n) is 9.24. The molecule has 2 heterocycles. The fourth-order valence-electron chi connectivity index (χ4n) is 1.91. The normalized spacial score (nSPS) is 10.9. The summed E-state index contributed by atoms with van der Waals surface area (Å²) < 4.78 is 1.97. The average Bonchev–Trinajstić information content (AvgIpc) is 2.83. The molecule has 0 aliphatic carbocycles. The Labute approximate surface area is 98.7 Å². The predicted molar refractivity (Wildman–Crippen MR) is 66.3 cm³/mol. The molecule has 0 aliphatic rings. The molecule has 1 aromatic carbocycles. The lowest BCUT2D eigenvalue weighted by atomic mass is 10.2. The van der Waals surface area contributed by atoms with E-state index >= 15 is 0 Å². The number of hydrogen-bond acceptors (Lipinski definition) is 3. The number of aromatic nitrogens is 3. The summed E-state index contributed by atoms with van der Waals surface area (Å²) in [7, 11) is 0. The molecular weight excluding hydrogens is 212 g/mol. The van der Waals surface area contributed by atoms with Gasteiger partial charge in [0.05, 0.1) is 0 Å². The lowest BCUT2D eigenvalue weighted by Crippen LogP contribution is -2.00. The lowest BCUT2D eigenvalue weighted by Gasteiger charge is -2.01. The van der Waals surface area contributed by atoms with Crippen molar-refractivity contribution in [3.8, 4) is 11.4 Å². The second-order valence-corrected chi connectivity index (χ2v) is 3.82. The maximum Gasteiger partial charge on any atom is 0.168 e. The largest absolute Gasteiger partial charge is 0.326 e. The van der Waals surface area contributed by atoms with E-state index in [2.05, 4.69) is 10.2 Å². The summed E-state index contributed by atoms with van der Waals surface area (Å²) in [6.07, 6.45) is 1.96. The molecule has 0 bridgehead atoms. The molecule has 17 heavy (non-hydrogen) atoms. The quantitative estimate of drug-likeness (QED) is 0.722. The molecule has 0 atom stereocenters. The second kappa shape index (κ2) is 3.99. The number of pyridine rings is 1.